The number of nitrogens with one attached hydrogen (secondary N) is 1. The summed E-state index contributed by atoms with van der Waals surface area (Å²) in [4.78, 5) is 11.9. The van der Waals surface area contributed by atoms with Gasteiger partial charge in [0, 0.05) is 14.6 Å². The number of hydrogen-bond acceptors (Lipinski definition) is 2. The fourth-order valence-corrected chi connectivity index (χ4v) is 2.07. The molecule has 0 fully saturated rings. The molecule has 2 N–H and O–H groups in total. The van der Waals surface area contributed by atoms with Gasteiger partial charge in [0.05, 0.1) is 0 Å². The first-order valence-corrected chi connectivity index (χ1v) is 7.15. The highest BCUT2D eigenvalue weighted by Gasteiger charge is 2.17. The molecule has 0 aromatic heterocycles. The van der Waals surface area contributed by atoms with E-state index in [9.17, 15) is 9.90 Å². The largest absolute Gasteiger partial charge is 0.378 e. The fraction of sp³-hybridized carbons (Fsp3) is 0.0714. The van der Waals surface area contributed by atoms with Crippen LogP contribution in [0.5, 0.6) is 0 Å². The van der Waals surface area contributed by atoms with E-state index in [0.29, 0.717) is 11.3 Å². The molecular weight excluding hydrogens is 374 g/mol. The number of halogens is 2. The van der Waals surface area contributed by atoms with E-state index >= 15 is 0 Å². The summed E-state index contributed by atoms with van der Waals surface area (Å²) in [5.41, 5.74) is 1.20. The van der Waals surface area contributed by atoms with E-state index in [1.807, 2.05) is 12.1 Å². The van der Waals surface area contributed by atoms with Crippen molar-refractivity contribution in [2.75, 3.05) is 5.32 Å². The Labute approximate surface area is 127 Å². The molecule has 1 atom stereocenters. The smallest absolute Gasteiger partial charge is 0.257 e. The van der Waals surface area contributed by atoms with Crippen molar-refractivity contribution in [3.8, 4) is 0 Å². The van der Waals surface area contributed by atoms with Gasteiger partial charge in [-0.25, -0.2) is 0 Å². The van der Waals surface area contributed by atoms with Crippen molar-refractivity contribution in [1.82, 2.24) is 0 Å². The monoisotopic (exact) mass is 383 g/mol. The molecule has 3 nitrogen and oxygen atoms in total. The van der Waals surface area contributed by atoms with Gasteiger partial charge in [-0.15, -0.1) is 0 Å². The number of rotatable bonds is 3. The highest BCUT2D eigenvalue weighted by atomic mass is 79.9. The quantitative estimate of drug-likeness (QED) is 0.843. The second-order valence-corrected chi connectivity index (χ2v) is 5.78. The SMILES string of the molecule is O=C(Nc1ccc(Br)cc1)C(O)c1ccc(Br)cc1. The van der Waals surface area contributed by atoms with E-state index < -0.39 is 12.0 Å². The van der Waals surface area contributed by atoms with Crippen LogP contribution in [0.3, 0.4) is 0 Å². The molecule has 0 radical (unpaired) electrons. The first kappa shape index (κ1) is 14.2. The van der Waals surface area contributed by atoms with Crippen molar-refractivity contribution in [2.45, 2.75) is 6.10 Å². The van der Waals surface area contributed by atoms with Crippen molar-refractivity contribution in [2.24, 2.45) is 0 Å². The minimum absolute atomic E-state index is 0.454. The van der Waals surface area contributed by atoms with E-state index in [1.54, 1.807) is 36.4 Å². The molecule has 2 rings (SSSR count). The van der Waals surface area contributed by atoms with E-state index in [-0.39, 0.29) is 0 Å². The van der Waals surface area contributed by atoms with Gasteiger partial charge in [0.15, 0.2) is 6.10 Å². The summed E-state index contributed by atoms with van der Waals surface area (Å²) < 4.78 is 1.83. The molecule has 0 aliphatic rings. The number of amides is 1. The van der Waals surface area contributed by atoms with Crippen molar-refractivity contribution in [3.63, 3.8) is 0 Å². The molecule has 0 bridgehead atoms. The Morgan fingerprint density at radius 2 is 1.42 bits per heavy atom. The topological polar surface area (TPSA) is 49.3 Å². The van der Waals surface area contributed by atoms with Crippen LogP contribution < -0.4 is 5.32 Å². The highest BCUT2D eigenvalue weighted by molar-refractivity contribution is 9.10. The number of carbonyl (C=O) groups is 1. The van der Waals surface area contributed by atoms with Gasteiger partial charge in [-0.1, -0.05) is 44.0 Å². The first-order valence-electron chi connectivity index (χ1n) is 5.56. The lowest BCUT2D eigenvalue weighted by Crippen LogP contribution is -2.20. The lowest BCUT2D eigenvalue weighted by atomic mass is 10.1. The normalized spacial score (nSPS) is 11.9. The molecule has 5 heteroatoms. The van der Waals surface area contributed by atoms with Crippen LogP contribution in [-0.2, 0) is 4.79 Å². The summed E-state index contributed by atoms with van der Waals surface area (Å²) in [5.74, 6) is -0.454. The minimum atomic E-state index is -1.18. The van der Waals surface area contributed by atoms with Crippen molar-refractivity contribution in [3.05, 3.63) is 63.0 Å². The highest BCUT2D eigenvalue weighted by Crippen LogP contribution is 2.19. The molecule has 2 aromatic carbocycles. The van der Waals surface area contributed by atoms with Gasteiger partial charge in [-0.05, 0) is 42.0 Å². The molecule has 19 heavy (non-hydrogen) atoms. The lowest BCUT2D eigenvalue weighted by molar-refractivity contribution is -0.124. The maximum absolute atomic E-state index is 11.9. The van der Waals surface area contributed by atoms with Gasteiger partial charge in [0.2, 0.25) is 0 Å². The Bertz CT molecular complexity index is 567. The van der Waals surface area contributed by atoms with Gasteiger partial charge < -0.3 is 10.4 Å². The summed E-state index contributed by atoms with van der Waals surface area (Å²) in [6.07, 6.45) is -1.18. The Kier molecular flexibility index (Phi) is 4.74. The Hall–Kier alpha value is -1.17. The summed E-state index contributed by atoms with van der Waals surface area (Å²) in [5, 5.41) is 12.6. The maximum atomic E-state index is 11.9. The molecule has 2 aromatic rings. The van der Waals surface area contributed by atoms with Crippen LogP contribution in [0.1, 0.15) is 11.7 Å². The van der Waals surface area contributed by atoms with Crippen LogP contribution in [0.4, 0.5) is 5.69 Å². The third kappa shape index (κ3) is 3.89. The zero-order valence-electron chi connectivity index (χ0n) is 9.81. The van der Waals surface area contributed by atoms with E-state index in [4.69, 9.17) is 0 Å². The number of hydrogen-bond donors (Lipinski definition) is 2. The van der Waals surface area contributed by atoms with E-state index in [2.05, 4.69) is 37.2 Å². The second kappa shape index (κ2) is 6.32. The molecule has 98 valence electrons. The molecular formula is C14H11Br2NO2. The van der Waals surface area contributed by atoms with Crippen LogP contribution in [0.25, 0.3) is 0 Å². The number of carbonyl (C=O) groups excluding carboxylic acids is 1. The zero-order valence-corrected chi connectivity index (χ0v) is 13.0. The van der Waals surface area contributed by atoms with E-state index in [0.717, 1.165) is 8.95 Å². The molecule has 1 unspecified atom stereocenters. The standard InChI is InChI=1S/C14H11Br2NO2/c15-10-3-1-9(2-4-10)13(18)14(19)17-12-7-5-11(16)6-8-12/h1-8,13,18H,(H,17,19). The molecule has 0 heterocycles. The number of anilines is 1. The van der Waals surface area contributed by atoms with Crippen molar-refractivity contribution < 1.29 is 9.90 Å². The average molecular weight is 385 g/mol. The predicted octanol–water partition coefficient (Wildman–Crippen LogP) is 3.88. The zero-order chi connectivity index (χ0) is 13.8. The number of aliphatic hydroxyl groups is 1. The predicted molar refractivity (Wildman–Crippen MR) is 81.9 cm³/mol. The van der Waals surface area contributed by atoms with Crippen molar-refractivity contribution in [1.29, 1.82) is 0 Å². The molecule has 0 saturated carbocycles. The molecule has 0 saturated heterocycles. The summed E-state index contributed by atoms with van der Waals surface area (Å²) >= 11 is 6.62. The Morgan fingerprint density at radius 1 is 0.947 bits per heavy atom. The number of aliphatic hydroxyl groups excluding tert-OH is 1. The summed E-state index contributed by atoms with van der Waals surface area (Å²) in [6, 6.07) is 14.1. The minimum Gasteiger partial charge on any atom is -0.378 e. The molecule has 0 spiro atoms. The van der Waals surface area contributed by atoms with Gasteiger partial charge in [0.25, 0.3) is 5.91 Å². The summed E-state index contributed by atoms with van der Waals surface area (Å²) in [6.45, 7) is 0. The Balaban J connectivity index is 2.07. The van der Waals surface area contributed by atoms with Gasteiger partial charge in [0.1, 0.15) is 0 Å². The average Bonchev–Trinajstić information content (AvgIpc) is 2.41. The third-order valence-electron chi connectivity index (χ3n) is 2.55. The molecule has 0 aliphatic heterocycles. The van der Waals surface area contributed by atoms with Crippen LogP contribution in [0, 0.1) is 0 Å². The molecule has 0 aliphatic carbocycles. The first-order chi connectivity index (χ1) is 9.06. The van der Waals surface area contributed by atoms with Crippen LogP contribution >= 0.6 is 31.9 Å². The van der Waals surface area contributed by atoms with Gasteiger partial charge in [-0.2, -0.15) is 0 Å². The maximum Gasteiger partial charge on any atom is 0.257 e. The summed E-state index contributed by atoms with van der Waals surface area (Å²) in [7, 11) is 0. The van der Waals surface area contributed by atoms with Crippen LogP contribution in [0.2, 0.25) is 0 Å². The van der Waals surface area contributed by atoms with E-state index in [1.165, 1.54) is 0 Å². The van der Waals surface area contributed by atoms with Gasteiger partial charge in [-0.3, -0.25) is 4.79 Å². The lowest BCUT2D eigenvalue weighted by Gasteiger charge is -2.12. The second-order valence-electron chi connectivity index (χ2n) is 3.95. The third-order valence-corrected chi connectivity index (χ3v) is 3.60. The van der Waals surface area contributed by atoms with Crippen molar-refractivity contribution >= 4 is 43.5 Å². The fourth-order valence-electron chi connectivity index (χ4n) is 1.54. The van der Waals surface area contributed by atoms with Crippen LogP contribution in [0.15, 0.2) is 57.5 Å². The number of benzene rings is 2. The molecule has 1 amide bonds. The van der Waals surface area contributed by atoms with Crippen LogP contribution in [-0.4, -0.2) is 11.0 Å². The Morgan fingerprint density at radius 3 is 1.95 bits per heavy atom. The van der Waals surface area contributed by atoms with Gasteiger partial charge >= 0.3 is 0 Å².